The van der Waals surface area contributed by atoms with Gasteiger partial charge < -0.3 is 14.8 Å². The molecule has 0 aromatic heterocycles. The topological polar surface area (TPSA) is 102 Å². The predicted octanol–water partition coefficient (Wildman–Crippen LogP) is 4.95. The van der Waals surface area contributed by atoms with Gasteiger partial charge in [-0.1, -0.05) is 48.5 Å². The van der Waals surface area contributed by atoms with E-state index in [1.165, 1.54) is 22.6 Å². The van der Waals surface area contributed by atoms with Gasteiger partial charge in [0.15, 0.2) is 6.61 Å². The summed E-state index contributed by atoms with van der Waals surface area (Å²) in [6.45, 7) is 1.78. The molecule has 8 nitrogen and oxygen atoms in total. The highest BCUT2D eigenvalue weighted by Gasteiger charge is 2.50. The zero-order chi connectivity index (χ0) is 27.4. The van der Waals surface area contributed by atoms with E-state index < -0.39 is 18.5 Å². The third kappa shape index (κ3) is 5.55. The van der Waals surface area contributed by atoms with E-state index in [2.05, 4.69) is 17.4 Å². The Kier molecular flexibility index (Phi) is 7.72. The second kappa shape index (κ2) is 11.5. The lowest BCUT2D eigenvalue weighted by molar-refractivity contribution is -0.122. The largest absolute Gasteiger partial charge is 0.492 e. The van der Waals surface area contributed by atoms with Crippen LogP contribution in [-0.4, -0.2) is 36.9 Å². The van der Waals surface area contributed by atoms with E-state index in [0.29, 0.717) is 36.6 Å². The maximum Gasteiger partial charge on any atom is 0.338 e. The molecule has 1 N–H and O–H groups in total. The van der Waals surface area contributed by atoms with Crippen molar-refractivity contribution in [3.05, 3.63) is 90.0 Å². The Morgan fingerprint density at radius 1 is 0.897 bits per heavy atom. The first-order chi connectivity index (χ1) is 19.0. The van der Waals surface area contributed by atoms with Crippen molar-refractivity contribution in [2.45, 2.75) is 32.1 Å². The number of carbonyl (C=O) groups is 4. The van der Waals surface area contributed by atoms with Gasteiger partial charge in [-0.2, -0.15) is 0 Å². The smallest absolute Gasteiger partial charge is 0.338 e. The van der Waals surface area contributed by atoms with E-state index in [0.717, 1.165) is 6.42 Å². The van der Waals surface area contributed by atoms with Crippen molar-refractivity contribution in [2.75, 3.05) is 23.4 Å². The predicted molar refractivity (Wildman–Crippen MR) is 145 cm³/mol. The van der Waals surface area contributed by atoms with Gasteiger partial charge in [-0.05, 0) is 68.0 Å². The molecule has 0 bridgehead atoms. The molecule has 1 heterocycles. The number of hydrogen-bond donors (Lipinski definition) is 1. The Hall–Kier alpha value is -4.46. The van der Waals surface area contributed by atoms with Crippen molar-refractivity contribution in [3.8, 4) is 5.75 Å². The van der Waals surface area contributed by atoms with Gasteiger partial charge in [0.2, 0.25) is 11.8 Å². The first-order valence-corrected chi connectivity index (χ1v) is 13.2. The number of fused-ring (bicyclic) bond motifs is 1. The maximum atomic E-state index is 13.4. The van der Waals surface area contributed by atoms with Crippen molar-refractivity contribution in [1.82, 2.24) is 0 Å². The molecule has 5 rings (SSSR count). The molecule has 1 aliphatic carbocycles. The minimum Gasteiger partial charge on any atom is -0.492 e. The van der Waals surface area contributed by atoms with Crippen LogP contribution in [-0.2, 0) is 19.1 Å². The van der Waals surface area contributed by atoms with Crippen LogP contribution in [0.4, 0.5) is 11.4 Å². The highest BCUT2D eigenvalue weighted by Crippen LogP contribution is 2.45. The number of amides is 3. The molecule has 3 atom stereocenters. The Morgan fingerprint density at radius 2 is 1.64 bits per heavy atom. The number of imide groups is 1. The molecule has 1 saturated heterocycles. The van der Waals surface area contributed by atoms with Crippen molar-refractivity contribution >= 4 is 35.1 Å². The molecule has 0 spiro atoms. The Bertz CT molecular complexity index is 1390. The zero-order valence-electron chi connectivity index (χ0n) is 21.7. The summed E-state index contributed by atoms with van der Waals surface area (Å²) in [6.07, 6.45) is 2.12. The van der Waals surface area contributed by atoms with E-state index in [-0.39, 0.29) is 35.1 Å². The minimum absolute atomic E-state index is 0.146. The number of benzene rings is 3. The third-order valence-corrected chi connectivity index (χ3v) is 7.33. The number of rotatable bonds is 8. The molecule has 2 fully saturated rings. The molecular formula is C31H30N2O6. The Labute approximate surface area is 226 Å². The average Bonchev–Trinajstić information content (AvgIpc) is 3.22. The van der Waals surface area contributed by atoms with Crippen molar-refractivity contribution in [2.24, 2.45) is 11.8 Å². The number of ether oxygens (including phenoxy) is 2. The van der Waals surface area contributed by atoms with Gasteiger partial charge in [0.05, 0.1) is 35.4 Å². The lowest BCUT2D eigenvalue weighted by Gasteiger charge is -2.28. The second-order valence-electron chi connectivity index (χ2n) is 9.75. The summed E-state index contributed by atoms with van der Waals surface area (Å²) in [5, 5.41) is 2.67. The average molecular weight is 527 g/mol. The van der Waals surface area contributed by atoms with Crippen molar-refractivity contribution in [3.63, 3.8) is 0 Å². The normalized spacial score (nSPS) is 20.3. The third-order valence-electron chi connectivity index (χ3n) is 7.33. The summed E-state index contributed by atoms with van der Waals surface area (Å²) in [5.74, 6) is -1.69. The lowest BCUT2D eigenvalue weighted by Crippen LogP contribution is -2.31. The van der Waals surface area contributed by atoms with Crippen LogP contribution >= 0.6 is 0 Å². The fraction of sp³-hybridized carbons (Fsp3) is 0.290. The molecule has 8 heteroatoms. The fourth-order valence-electron chi connectivity index (χ4n) is 5.49. The molecule has 0 unspecified atom stereocenters. The summed E-state index contributed by atoms with van der Waals surface area (Å²) in [5.41, 5.74) is 2.14. The van der Waals surface area contributed by atoms with Gasteiger partial charge in [0.1, 0.15) is 5.75 Å². The number of hydrogen-bond acceptors (Lipinski definition) is 6. The van der Waals surface area contributed by atoms with Crippen LogP contribution in [0.1, 0.15) is 48.0 Å². The first kappa shape index (κ1) is 26.2. The van der Waals surface area contributed by atoms with E-state index in [1.54, 1.807) is 36.4 Å². The van der Waals surface area contributed by atoms with E-state index >= 15 is 0 Å². The number of nitrogens with zero attached hydrogens (tertiary/aromatic N) is 1. The Balaban J connectivity index is 1.23. The molecule has 1 saturated carbocycles. The molecule has 39 heavy (non-hydrogen) atoms. The van der Waals surface area contributed by atoms with E-state index in [9.17, 15) is 19.2 Å². The Morgan fingerprint density at radius 3 is 2.44 bits per heavy atom. The molecule has 1 aliphatic heterocycles. The molecule has 200 valence electrons. The van der Waals surface area contributed by atoms with Crippen LogP contribution in [0.15, 0.2) is 78.9 Å². The molecular weight excluding hydrogens is 496 g/mol. The quantitative estimate of drug-likeness (QED) is 0.329. The second-order valence-corrected chi connectivity index (χ2v) is 9.75. The van der Waals surface area contributed by atoms with E-state index in [1.807, 2.05) is 25.1 Å². The minimum atomic E-state index is -0.731. The van der Waals surface area contributed by atoms with Crippen LogP contribution in [0, 0.1) is 11.8 Å². The van der Waals surface area contributed by atoms with Crippen LogP contribution < -0.4 is 15.0 Å². The van der Waals surface area contributed by atoms with Gasteiger partial charge in [0, 0.05) is 0 Å². The van der Waals surface area contributed by atoms with E-state index in [4.69, 9.17) is 9.47 Å². The standard InChI is InChI=1S/C31H30N2O6/c1-2-38-27-14-7-6-13-26(27)32-28(34)19-39-31(37)22-11-8-12-23(17-22)33-29(35)24-16-15-21(18-25(24)30(33)36)20-9-4-3-5-10-20/h3-14,17,21,24-25H,2,15-16,18-19H2,1H3,(H,32,34)/t21-,24-,25-/m1/s1. The van der Waals surface area contributed by atoms with Crippen LogP contribution in [0.25, 0.3) is 0 Å². The summed E-state index contributed by atoms with van der Waals surface area (Å²) < 4.78 is 10.7. The van der Waals surface area contributed by atoms with Gasteiger partial charge >= 0.3 is 5.97 Å². The molecule has 0 radical (unpaired) electrons. The SMILES string of the molecule is CCOc1ccccc1NC(=O)COC(=O)c1cccc(N2C(=O)[C@@H]3CC[C@@H](c4ccccc4)C[C@H]3C2=O)c1. The summed E-state index contributed by atoms with van der Waals surface area (Å²) >= 11 is 0. The zero-order valence-corrected chi connectivity index (χ0v) is 21.7. The van der Waals surface area contributed by atoms with Crippen molar-refractivity contribution in [1.29, 1.82) is 0 Å². The monoisotopic (exact) mass is 526 g/mol. The summed E-state index contributed by atoms with van der Waals surface area (Å²) in [7, 11) is 0. The highest BCUT2D eigenvalue weighted by atomic mass is 16.5. The molecule has 2 aliphatic rings. The van der Waals surface area contributed by atoms with Crippen LogP contribution in [0.3, 0.4) is 0 Å². The van der Waals surface area contributed by atoms with Crippen LogP contribution in [0.2, 0.25) is 0 Å². The van der Waals surface area contributed by atoms with Crippen molar-refractivity contribution < 1.29 is 28.7 Å². The number of anilines is 2. The van der Waals surface area contributed by atoms with Gasteiger partial charge in [-0.3, -0.25) is 19.3 Å². The van der Waals surface area contributed by atoms with Gasteiger partial charge in [-0.25, -0.2) is 4.79 Å². The fourth-order valence-corrected chi connectivity index (χ4v) is 5.49. The lowest BCUT2D eigenvalue weighted by atomic mass is 9.73. The highest BCUT2D eigenvalue weighted by molar-refractivity contribution is 6.22. The van der Waals surface area contributed by atoms with Crippen LogP contribution in [0.5, 0.6) is 5.75 Å². The number of nitrogens with one attached hydrogen (secondary N) is 1. The maximum absolute atomic E-state index is 13.4. The molecule has 3 aromatic rings. The molecule has 3 amide bonds. The van der Waals surface area contributed by atoms with Gasteiger partial charge in [0.25, 0.3) is 5.91 Å². The number of esters is 1. The molecule has 3 aromatic carbocycles. The summed E-state index contributed by atoms with van der Waals surface area (Å²) in [4.78, 5) is 53.0. The first-order valence-electron chi connectivity index (χ1n) is 13.2. The number of carbonyl (C=O) groups excluding carboxylic acids is 4. The summed E-state index contributed by atoms with van der Waals surface area (Å²) in [6, 6.07) is 23.3. The van der Waals surface area contributed by atoms with Gasteiger partial charge in [-0.15, -0.1) is 0 Å². The number of para-hydroxylation sites is 2.